The van der Waals surface area contributed by atoms with Crippen molar-refractivity contribution in [2.24, 2.45) is 28.6 Å². The van der Waals surface area contributed by atoms with Gasteiger partial charge in [0.05, 0.1) is 33.9 Å². The lowest BCUT2D eigenvalue weighted by molar-refractivity contribution is -0.151. The molecule has 250 valence electrons. The molecule has 2 aromatic rings. The SMILES string of the molecule is CCC1(C)CC2CC(C)(C)CC(NC(=O)C(=O)Oc3ccc(C[C@H]4C(=O)OC[C@@H]4Cc4ccc(OC)c(OC)c4)cc3OC)(C2)C1. The normalized spacial score (nSPS) is 28.2. The van der Waals surface area contributed by atoms with Crippen molar-refractivity contribution in [3.63, 3.8) is 0 Å². The van der Waals surface area contributed by atoms with Gasteiger partial charge in [0, 0.05) is 11.5 Å². The lowest BCUT2D eigenvalue weighted by Crippen LogP contribution is -2.61. The zero-order chi connectivity index (χ0) is 33.3. The maximum Gasteiger partial charge on any atom is 0.402 e. The van der Waals surface area contributed by atoms with E-state index in [1.807, 2.05) is 18.2 Å². The first-order valence-electron chi connectivity index (χ1n) is 16.4. The molecule has 9 nitrogen and oxygen atoms in total. The first-order valence-corrected chi connectivity index (χ1v) is 16.4. The number of fused-ring (bicyclic) bond motifs is 2. The smallest absolute Gasteiger partial charge is 0.402 e. The zero-order valence-corrected chi connectivity index (χ0v) is 28.3. The van der Waals surface area contributed by atoms with Crippen LogP contribution in [-0.2, 0) is 32.0 Å². The number of amides is 1. The van der Waals surface area contributed by atoms with Crippen molar-refractivity contribution in [3.8, 4) is 23.0 Å². The molecule has 1 saturated heterocycles. The molecule has 3 unspecified atom stereocenters. The Labute approximate surface area is 272 Å². The van der Waals surface area contributed by atoms with E-state index in [-0.39, 0.29) is 34.4 Å². The van der Waals surface area contributed by atoms with Gasteiger partial charge in [-0.3, -0.25) is 9.59 Å². The van der Waals surface area contributed by atoms with Gasteiger partial charge in [-0.1, -0.05) is 46.2 Å². The lowest BCUT2D eigenvalue weighted by Gasteiger charge is -2.57. The van der Waals surface area contributed by atoms with Gasteiger partial charge in [0.2, 0.25) is 0 Å². The molecule has 0 radical (unpaired) electrons. The van der Waals surface area contributed by atoms with Crippen molar-refractivity contribution in [3.05, 3.63) is 47.5 Å². The molecule has 2 aromatic carbocycles. The molecular formula is C37H49NO8. The zero-order valence-electron chi connectivity index (χ0n) is 28.3. The molecule has 5 rings (SSSR count). The summed E-state index contributed by atoms with van der Waals surface area (Å²) in [5.74, 6) is -0.0544. The molecule has 1 N–H and O–H groups in total. The molecule has 2 bridgehead atoms. The molecular weight excluding hydrogens is 586 g/mol. The van der Waals surface area contributed by atoms with Crippen LogP contribution >= 0.6 is 0 Å². The number of hydrogen-bond acceptors (Lipinski definition) is 8. The molecule has 0 aromatic heterocycles. The summed E-state index contributed by atoms with van der Waals surface area (Å²) in [4.78, 5) is 39.2. The predicted octanol–water partition coefficient (Wildman–Crippen LogP) is 6.08. The first-order chi connectivity index (χ1) is 21.8. The van der Waals surface area contributed by atoms with E-state index in [0.29, 0.717) is 42.6 Å². The van der Waals surface area contributed by atoms with Crippen molar-refractivity contribution in [1.82, 2.24) is 5.32 Å². The number of hydrogen-bond donors (Lipinski definition) is 1. The second-order valence-electron chi connectivity index (χ2n) is 14.9. The van der Waals surface area contributed by atoms with E-state index in [2.05, 4.69) is 33.0 Å². The van der Waals surface area contributed by atoms with E-state index in [4.69, 9.17) is 23.7 Å². The van der Waals surface area contributed by atoms with Crippen molar-refractivity contribution in [1.29, 1.82) is 0 Å². The molecule has 1 aliphatic heterocycles. The number of ether oxygens (including phenoxy) is 5. The Morgan fingerprint density at radius 2 is 1.48 bits per heavy atom. The van der Waals surface area contributed by atoms with Crippen LogP contribution in [-0.4, -0.2) is 51.3 Å². The minimum atomic E-state index is -0.960. The third kappa shape index (κ3) is 7.29. The van der Waals surface area contributed by atoms with Gasteiger partial charge >= 0.3 is 17.8 Å². The summed E-state index contributed by atoms with van der Waals surface area (Å²) in [5, 5.41) is 3.15. The summed E-state index contributed by atoms with van der Waals surface area (Å²) in [6.45, 7) is 9.34. The van der Waals surface area contributed by atoms with Gasteiger partial charge in [-0.05, 0) is 97.1 Å². The summed E-state index contributed by atoms with van der Waals surface area (Å²) in [6, 6.07) is 10.9. The van der Waals surface area contributed by atoms with Crippen molar-refractivity contribution in [2.75, 3.05) is 27.9 Å². The molecule has 1 amide bonds. The molecule has 3 aliphatic rings. The minimum Gasteiger partial charge on any atom is -0.493 e. The number of carbonyl (C=O) groups is 3. The number of benzene rings is 2. The number of cyclic esters (lactones) is 1. The predicted molar refractivity (Wildman–Crippen MR) is 173 cm³/mol. The van der Waals surface area contributed by atoms with Gasteiger partial charge in [-0.25, -0.2) is 4.79 Å². The van der Waals surface area contributed by atoms with Crippen LogP contribution in [0.25, 0.3) is 0 Å². The highest BCUT2D eigenvalue weighted by Crippen LogP contribution is 2.57. The van der Waals surface area contributed by atoms with Gasteiger partial charge in [0.15, 0.2) is 23.0 Å². The Bertz CT molecular complexity index is 1470. The Morgan fingerprint density at radius 3 is 2.13 bits per heavy atom. The Kier molecular flexibility index (Phi) is 9.62. The molecule has 3 fully saturated rings. The summed E-state index contributed by atoms with van der Waals surface area (Å²) in [7, 11) is 4.67. The second kappa shape index (κ2) is 13.2. The summed E-state index contributed by atoms with van der Waals surface area (Å²) >= 11 is 0. The number of methoxy groups -OCH3 is 3. The highest BCUT2D eigenvalue weighted by atomic mass is 16.6. The molecule has 46 heavy (non-hydrogen) atoms. The summed E-state index contributed by atoms with van der Waals surface area (Å²) in [5.41, 5.74) is 1.63. The van der Waals surface area contributed by atoms with Crippen LogP contribution in [0, 0.1) is 28.6 Å². The number of carbonyl (C=O) groups excluding carboxylic acids is 3. The van der Waals surface area contributed by atoms with E-state index in [1.165, 1.54) is 7.11 Å². The highest BCUT2D eigenvalue weighted by molar-refractivity contribution is 6.33. The molecule has 1 heterocycles. The van der Waals surface area contributed by atoms with Crippen LogP contribution in [0.1, 0.15) is 77.3 Å². The second-order valence-corrected chi connectivity index (χ2v) is 14.9. The van der Waals surface area contributed by atoms with E-state index in [9.17, 15) is 14.4 Å². The van der Waals surface area contributed by atoms with Crippen molar-refractivity contribution < 1.29 is 38.1 Å². The lowest BCUT2D eigenvalue weighted by atomic mass is 9.52. The fraction of sp³-hybridized carbons (Fsp3) is 0.595. The molecule has 2 aliphatic carbocycles. The monoisotopic (exact) mass is 635 g/mol. The number of rotatable bonds is 10. The van der Waals surface area contributed by atoms with Crippen molar-refractivity contribution in [2.45, 2.75) is 84.6 Å². The van der Waals surface area contributed by atoms with E-state index < -0.39 is 17.4 Å². The van der Waals surface area contributed by atoms with Gasteiger partial charge in [-0.15, -0.1) is 0 Å². The Balaban J connectivity index is 1.26. The molecule has 9 heteroatoms. The maximum atomic E-state index is 13.3. The van der Waals surface area contributed by atoms with Crippen LogP contribution in [0.3, 0.4) is 0 Å². The van der Waals surface area contributed by atoms with E-state index >= 15 is 0 Å². The van der Waals surface area contributed by atoms with Crippen LogP contribution in [0.15, 0.2) is 36.4 Å². The summed E-state index contributed by atoms with van der Waals surface area (Å²) < 4.78 is 27.4. The average molecular weight is 636 g/mol. The quantitative estimate of drug-likeness (QED) is 0.190. The largest absolute Gasteiger partial charge is 0.493 e. The van der Waals surface area contributed by atoms with Crippen LogP contribution < -0.4 is 24.3 Å². The third-order valence-electron chi connectivity index (χ3n) is 10.4. The number of nitrogens with one attached hydrogen (secondary N) is 1. The fourth-order valence-electron chi connectivity index (χ4n) is 8.72. The van der Waals surface area contributed by atoms with E-state index in [0.717, 1.165) is 49.7 Å². The molecule has 0 spiro atoms. The molecule has 5 atom stereocenters. The standard InChI is InChI=1S/C37H49NO8/c1-8-36(4)18-25-17-35(2,3)21-37(19-25,22-36)38-32(39)34(41)46-29-12-10-24(16-31(29)44-7)14-27-26(20-45-33(27)40)13-23-9-11-28(42-5)30(15-23)43-6/h9-12,15-16,25-27H,8,13-14,17-22H2,1-7H3,(H,38,39)/t25?,26-,27+,36?,37?/m0/s1. The average Bonchev–Trinajstić information content (AvgIpc) is 3.33. The maximum absolute atomic E-state index is 13.3. The van der Waals surface area contributed by atoms with Crippen molar-refractivity contribution >= 4 is 17.8 Å². The van der Waals surface area contributed by atoms with Gasteiger partial charge < -0.3 is 29.0 Å². The van der Waals surface area contributed by atoms with Gasteiger partial charge in [0.25, 0.3) is 0 Å². The molecule has 2 saturated carbocycles. The minimum absolute atomic E-state index is 0.0316. The Morgan fingerprint density at radius 1 is 0.848 bits per heavy atom. The fourth-order valence-corrected chi connectivity index (χ4v) is 8.72. The van der Waals surface area contributed by atoms with Gasteiger partial charge in [-0.2, -0.15) is 0 Å². The van der Waals surface area contributed by atoms with Gasteiger partial charge in [0.1, 0.15) is 0 Å². The Hall–Kier alpha value is -3.75. The van der Waals surface area contributed by atoms with Crippen LogP contribution in [0.5, 0.6) is 23.0 Å². The summed E-state index contributed by atoms with van der Waals surface area (Å²) in [6.07, 6.45) is 6.94. The first kappa shape index (κ1) is 33.6. The third-order valence-corrected chi connectivity index (χ3v) is 10.4. The van der Waals surface area contributed by atoms with Crippen LogP contribution in [0.4, 0.5) is 0 Å². The number of esters is 2. The topological polar surface area (TPSA) is 109 Å². The van der Waals surface area contributed by atoms with E-state index in [1.54, 1.807) is 32.4 Å². The van der Waals surface area contributed by atoms with Crippen LogP contribution in [0.2, 0.25) is 0 Å². The highest BCUT2D eigenvalue weighted by Gasteiger charge is 2.53.